The number of fused-ring (bicyclic) bond motifs is 4. The van der Waals surface area contributed by atoms with E-state index in [0.717, 1.165) is 49.2 Å². The molecule has 3 amide bonds. The number of para-hydroxylation sites is 1. The Balaban J connectivity index is 1.36. The minimum Gasteiger partial charge on any atom is -0.356 e. The summed E-state index contributed by atoms with van der Waals surface area (Å²) in [5.74, 6) is -0.625. The second-order valence-electron chi connectivity index (χ2n) is 10.5. The Morgan fingerprint density at radius 3 is 2.86 bits per heavy atom. The fourth-order valence-electron chi connectivity index (χ4n) is 6.95. The van der Waals surface area contributed by atoms with Crippen LogP contribution in [0, 0.1) is 5.92 Å². The zero-order valence-corrected chi connectivity index (χ0v) is 20.8. The maximum absolute atomic E-state index is 14.4. The molecule has 2 aromatic rings. The Kier molecular flexibility index (Phi) is 5.82. The van der Waals surface area contributed by atoms with Crippen LogP contribution in [0.4, 0.5) is 5.69 Å². The van der Waals surface area contributed by atoms with Gasteiger partial charge in [-0.2, -0.15) is 5.10 Å². The maximum atomic E-state index is 14.4. The SMILES string of the molecule is CCCc1cc(C(=O)N2CCCNC(=O)[C@@H]3C[C@@H]4CCCN4[C@@]34C(=O)N(CC2)c2ccccc24)n[nH]1. The number of benzene rings is 1. The second-order valence-corrected chi connectivity index (χ2v) is 10.5. The van der Waals surface area contributed by atoms with E-state index in [9.17, 15) is 14.4 Å². The Morgan fingerprint density at radius 1 is 1.14 bits per heavy atom. The summed E-state index contributed by atoms with van der Waals surface area (Å²) < 4.78 is 0. The van der Waals surface area contributed by atoms with E-state index in [1.165, 1.54) is 0 Å². The number of aryl methyl sites for hydroxylation is 1. The summed E-state index contributed by atoms with van der Waals surface area (Å²) in [5, 5.41) is 10.3. The van der Waals surface area contributed by atoms with E-state index in [2.05, 4.69) is 27.3 Å². The fourth-order valence-corrected chi connectivity index (χ4v) is 6.95. The molecule has 3 fully saturated rings. The molecule has 4 aliphatic heterocycles. The zero-order chi connectivity index (χ0) is 24.9. The molecule has 0 saturated carbocycles. The van der Waals surface area contributed by atoms with Gasteiger partial charge in [0.15, 0.2) is 0 Å². The summed E-state index contributed by atoms with van der Waals surface area (Å²) >= 11 is 0. The molecule has 9 heteroatoms. The molecule has 1 aromatic heterocycles. The molecular weight excluding hydrogens is 456 g/mol. The van der Waals surface area contributed by atoms with E-state index in [1.807, 2.05) is 35.2 Å². The number of rotatable bonds is 3. The average Bonchev–Trinajstić information content (AvgIpc) is 3.64. The van der Waals surface area contributed by atoms with Gasteiger partial charge in [-0.25, -0.2) is 0 Å². The molecule has 0 aliphatic carbocycles. The van der Waals surface area contributed by atoms with Crippen molar-refractivity contribution in [2.45, 2.75) is 57.0 Å². The van der Waals surface area contributed by atoms with Crippen molar-refractivity contribution in [3.05, 3.63) is 47.3 Å². The number of anilines is 1. The van der Waals surface area contributed by atoms with Gasteiger partial charge in [0.05, 0.1) is 5.92 Å². The van der Waals surface area contributed by atoms with Crippen LogP contribution >= 0.6 is 0 Å². The summed E-state index contributed by atoms with van der Waals surface area (Å²) in [7, 11) is 0. The third-order valence-electron chi connectivity index (χ3n) is 8.49. The van der Waals surface area contributed by atoms with Gasteiger partial charge in [0, 0.05) is 49.2 Å². The highest BCUT2D eigenvalue weighted by atomic mass is 16.2. The number of hydrogen-bond acceptors (Lipinski definition) is 5. The third kappa shape index (κ3) is 3.39. The molecular formula is C27H34N6O3. The first-order chi connectivity index (χ1) is 17.6. The molecule has 9 nitrogen and oxygen atoms in total. The Labute approximate surface area is 211 Å². The van der Waals surface area contributed by atoms with Crippen LogP contribution in [0.5, 0.6) is 0 Å². The third-order valence-corrected chi connectivity index (χ3v) is 8.49. The van der Waals surface area contributed by atoms with Crippen LogP contribution in [0.15, 0.2) is 30.3 Å². The van der Waals surface area contributed by atoms with Crippen molar-refractivity contribution in [2.24, 2.45) is 5.92 Å². The van der Waals surface area contributed by atoms with Crippen molar-refractivity contribution in [1.82, 2.24) is 25.3 Å². The zero-order valence-electron chi connectivity index (χ0n) is 20.8. The van der Waals surface area contributed by atoms with E-state index in [1.54, 1.807) is 4.90 Å². The van der Waals surface area contributed by atoms with Gasteiger partial charge in [-0.3, -0.25) is 24.4 Å². The summed E-state index contributed by atoms with van der Waals surface area (Å²) in [4.78, 5) is 47.3. The number of H-pyrrole nitrogens is 1. The molecule has 0 unspecified atom stereocenters. The van der Waals surface area contributed by atoms with Crippen LogP contribution < -0.4 is 10.2 Å². The molecule has 3 saturated heterocycles. The van der Waals surface area contributed by atoms with Crippen LogP contribution in [-0.4, -0.2) is 76.5 Å². The van der Waals surface area contributed by atoms with E-state index >= 15 is 0 Å². The number of carbonyl (C=O) groups is 3. The lowest BCUT2D eigenvalue weighted by Crippen LogP contribution is -2.57. The van der Waals surface area contributed by atoms with Crippen molar-refractivity contribution in [3.8, 4) is 0 Å². The van der Waals surface area contributed by atoms with E-state index in [0.29, 0.717) is 44.7 Å². The van der Waals surface area contributed by atoms with Gasteiger partial charge in [-0.05, 0) is 50.8 Å². The van der Waals surface area contributed by atoms with Gasteiger partial charge in [0.1, 0.15) is 11.2 Å². The maximum Gasteiger partial charge on any atom is 0.274 e. The first-order valence-electron chi connectivity index (χ1n) is 13.3. The van der Waals surface area contributed by atoms with Crippen molar-refractivity contribution >= 4 is 23.4 Å². The van der Waals surface area contributed by atoms with Crippen LogP contribution in [0.2, 0.25) is 0 Å². The van der Waals surface area contributed by atoms with E-state index < -0.39 is 11.5 Å². The van der Waals surface area contributed by atoms with Crippen LogP contribution in [-0.2, 0) is 21.5 Å². The monoisotopic (exact) mass is 490 g/mol. The van der Waals surface area contributed by atoms with Crippen LogP contribution in [0.3, 0.4) is 0 Å². The number of carbonyl (C=O) groups excluding carboxylic acids is 3. The highest BCUT2D eigenvalue weighted by molar-refractivity contribution is 6.11. The molecule has 3 atom stereocenters. The molecule has 2 bridgehead atoms. The summed E-state index contributed by atoms with van der Waals surface area (Å²) in [6.45, 7) is 4.68. The van der Waals surface area contributed by atoms with Gasteiger partial charge < -0.3 is 15.1 Å². The molecule has 36 heavy (non-hydrogen) atoms. The number of nitrogens with one attached hydrogen (secondary N) is 2. The minimum absolute atomic E-state index is 0.0220. The molecule has 1 spiro atoms. The number of hydrogen-bond donors (Lipinski definition) is 2. The van der Waals surface area contributed by atoms with Gasteiger partial charge in [-0.1, -0.05) is 31.5 Å². The Morgan fingerprint density at radius 2 is 2.00 bits per heavy atom. The van der Waals surface area contributed by atoms with Crippen LogP contribution in [0.25, 0.3) is 0 Å². The van der Waals surface area contributed by atoms with Gasteiger partial charge in [0.2, 0.25) is 5.91 Å². The highest BCUT2D eigenvalue weighted by Gasteiger charge is 2.67. The lowest BCUT2D eigenvalue weighted by Gasteiger charge is -2.37. The highest BCUT2D eigenvalue weighted by Crippen LogP contribution is 2.57. The largest absolute Gasteiger partial charge is 0.356 e. The van der Waals surface area contributed by atoms with Crippen molar-refractivity contribution < 1.29 is 14.4 Å². The average molecular weight is 491 g/mol. The lowest BCUT2D eigenvalue weighted by atomic mass is 9.78. The molecule has 0 radical (unpaired) electrons. The second kappa shape index (κ2) is 9.03. The number of aromatic nitrogens is 2. The minimum atomic E-state index is -0.951. The predicted octanol–water partition coefficient (Wildman–Crippen LogP) is 2.05. The van der Waals surface area contributed by atoms with E-state index in [-0.39, 0.29) is 23.8 Å². The lowest BCUT2D eigenvalue weighted by molar-refractivity contribution is -0.139. The van der Waals surface area contributed by atoms with E-state index in [4.69, 9.17) is 0 Å². The predicted molar refractivity (Wildman–Crippen MR) is 134 cm³/mol. The van der Waals surface area contributed by atoms with Gasteiger partial charge >= 0.3 is 0 Å². The van der Waals surface area contributed by atoms with Crippen molar-refractivity contribution in [1.29, 1.82) is 0 Å². The standard InChI is InChI=1S/C27H34N6O3/c1-2-7-18-16-22(30-29-18)25(35)31-12-6-11-28-24(34)21-17-19-8-5-13-33(19)27(21)20-9-3-4-10-23(20)32(15-14-31)26(27)36/h3-4,9-10,16,19,21H,2,5-8,11-15,17H2,1H3,(H,28,34)(H,29,30)/t19-,21-,27+/m0/s1. The number of amides is 3. The van der Waals surface area contributed by atoms with Gasteiger partial charge in [-0.15, -0.1) is 0 Å². The molecule has 5 heterocycles. The quantitative estimate of drug-likeness (QED) is 0.686. The smallest absolute Gasteiger partial charge is 0.274 e. The topological polar surface area (TPSA) is 102 Å². The normalized spacial score (nSPS) is 28.2. The molecule has 4 aliphatic rings. The summed E-state index contributed by atoms with van der Waals surface area (Å²) in [5.41, 5.74) is 2.20. The van der Waals surface area contributed by atoms with Gasteiger partial charge in [0.25, 0.3) is 11.8 Å². The fraction of sp³-hybridized carbons (Fsp3) is 0.556. The Bertz CT molecular complexity index is 1190. The Hall–Kier alpha value is -3.20. The number of aromatic amines is 1. The summed E-state index contributed by atoms with van der Waals surface area (Å²) in [6, 6.07) is 10.00. The van der Waals surface area contributed by atoms with Crippen molar-refractivity contribution in [2.75, 3.05) is 37.6 Å². The first kappa shape index (κ1) is 23.2. The summed E-state index contributed by atoms with van der Waals surface area (Å²) in [6.07, 6.45) is 5.23. The van der Waals surface area contributed by atoms with Crippen LogP contribution in [0.1, 0.15) is 60.8 Å². The first-order valence-corrected chi connectivity index (χ1v) is 13.3. The molecule has 6 rings (SSSR count). The number of nitrogens with zero attached hydrogens (tertiary/aromatic N) is 4. The molecule has 190 valence electrons. The van der Waals surface area contributed by atoms with Crippen molar-refractivity contribution in [3.63, 3.8) is 0 Å². The molecule has 2 N–H and O–H groups in total. The molecule has 1 aromatic carbocycles.